The molecule has 136 valence electrons. The Labute approximate surface area is 150 Å². The maximum atomic E-state index is 11.4. The summed E-state index contributed by atoms with van der Waals surface area (Å²) in [5, 5.41) is 15.0. The van der Waals surface area contributed by atoms with Crippen LogP contribution >= 0.6 is 0 Å². The van der Waals surface area contributed by atoms with Crippen molar-refractivity contribution < 1.29 is 14.5 Å². The van der Waals surface area contributed by atoms with Gasteiger partial charge in [-0.05, 0) is 42.2 Å². The van der Waals surface area contributed by atoms with Crippen molar-refractivity contribution >= 4 is 17.9 Å². The van der Waals surface area contributed by atoms with Crippen molar-refractivity contribution in [2.24, 2.45) is 10.8 Å². The number of hydrazone groups is 1. The first-order valence-corrected chi connectivity index (χ1v) is 7.93. The molecule has 8 nitrogen and oxygen atoms in total. The largest absolute Gasteiger partial charge is 0.450 e. The molecule has 2 aromatic rings. The van der Waals surface area contributed by atoms with E-state index in [1.165, 1.54) is 18.3 Å². The molecule has 2 aromatic carbocycles. The number of urea groups is 1. The molecule has 0 aliphatic carbocycles. The zero-order valence-electron chi connectivity index (χ0n) is 14.7. The van der Waals surface area contributed by atoms with E-state index in [-0.39, 0.29) is 17.4 Å². The Morgan fingerprint density at radius 1 is 1.27 bits per heavy atom. The van der Waals surface area contributed by atoms with E-state index in [4.69, 9.17) is 10.5 Å². The Bertz CT molecular complexity index is 862. The van der Waals surface area contributed by atoms with Gasteiger partial charge in [0.05, 0.1) is 11.1 Å². The highest BCUT2D eigenvalue weighted by molar-refractivity contribution is 5.83. The third-order valence-corrected chi connectivity index (χ3v) is 3.58. The lowest BCUT2D eigenvalue weighted by atomic mass is 10.0. The molecular formula is C18H20N4O4. The second kappa shape index (κ2) is 8.11. The van der Waals surface area contributed by atoms with Crippen LogP contribution in [0.2, 0.25) is 0 Å². The van der Waals surface area contributed by atoms with Gasteiger partial charge >= 0.3 is 11.7 Å². The molecule has 3 N–H and O–H groups in total. The van der Waals surface area contributed by atoms with Crippen LogP contribution in [-0.2, 0) is 0 Å². The van der Waals surface area contributed by atoms with E-state index in [2.05, 4.69) is 5.10 Å². The number of aryl methyl sites for hydroxylation is 1. The van der Waals surface area contributed by atoms with Gasteiger partial charge in [0, 0.05) is 11.6 Å². The quantitative estimate of drug-likeness (QED) is 0.464. The molecule has 0 aliphatic heterocycles. The number of primary amides is 1. The predicted octanol–water partition coefficient (Wildman–Crippen LogP) is 3.82. The van der Waals surface area contributed by atoms with Crippen LogP contribution in [0.1, 0.15) is 36.5 Å². The summed E-state index contributed by atoms with van der Waals surface area (Å²) in [6, 6.07) is 9.36. The van der Waals surface area contributed by atoms with Gasteiger partial charge in [-0.3, -0.25) is 10.1 Å². The lowest BCUT2D eigenvalue weighted by Gasteiger charge is -2.14. The van der Waals surface area contributed by atoms with E-state index in [0.29, 0.717) is 11.3 Å². The van der Waals surface area contributed by atoms with Crippen LogP contribution in [0.5, 0.6) is 11.5 Å². The molecule has 0 heterocycles. The molecular weight excluding hydrogens is 336 g/mol. The Balaban J connectivity index is 2.38. The molecule has 8 heteroatoms. The third-order valence-electron chi connectivity index (χ3n) is 3.58. The number of carbonyl (C=O) groups is 1. The topological polar surface area (TPSA) is 120 Å². The molecule has 0 saturated carbocycles. The summed E-state index contributed by atoms with van der Waals surface area (Å²) in [6.07, 6.45) is 1.26. The minimum atomic E-state index is -0.823. The Kier molecular flexibility index (Phi) is 5.90. The summed E-state index contributed by atoms with van der Waals surface area (Å²) in [7, 11) is 0. The summed E-state index contributed by atoms with van der Waals surface area (Å²) in [5.41, 5.74) is 9.11. The lowest BCUT2D eigenvalue weighted by Crippen LogP contribution is -2.24. The number of nitro benzene ring substituents is 1. The van der Waals surface area contributed by atoms with Gasteiger partial charge in [-0.25, -0.2) is 10.2 Å². The number of nitrogens with one attached hydrogen (secondary N) is 1. The fourth-order valence-electron chi connectivity index (χ4n) is 2.34. The summed E-state index contributed by atoms with van der Waals surface area (Å²) in [6.45, 7) is 5.98. The van der Waals surface area contributed by atoms with Crippen molar-refractivity contribution in [3.63, 3.8) is 0 Å². The molecule has 0 fully saturated rings. The Morgan fingerprint density at radius 3 is 2.62 bits per heavy atom. The second-order valence-corrected chi connectivity index (χ2v) is 6.02. The van der Waals surface area contributed by atoms with Crippen LogP contribution < -0.4 is 15.9 Å². The lowest BCUT2D eigenvalue weighted by molar-refractivity contribution is -0.385. The first-order chi connectivity index (χ1) is 12.3. The van der Waals surface area contributed by atoms with Gasteiger partial charge in [0.15, 0.2) is 0 Å². The van der Waals surface area contributed by atoms with Crippen LogP contribution in [0.15, 0.2) is 41.5 Å². The molecule has 0 atom stereocenters. The highest BCUT2D eigenvalue weighted by Gasteiger charge is 2.18. The Hall–Kier alpha value is -3.42. The van der Waals surface area contributed by atoms with Gasteiger partial charge in [0.25, 0.3) is 0 Å². The maximum absolute atomic E-state index is 11.4. The van der Waals surface area contributed by atoms with E-state index < -0.39 is 11.0 Å². The van der Waals surface area contributed by atoms with Crippen LogP contribution in [0, 0.1) is 17.0 Å². The molecule has 0 spiro atoms. The summed E-state index contributed by atoms with van der Waals surface area (Å²) in [4.78, 5) is 21.5. The molecule has 0 aromatic heterocycles. The number of rotatable bonds is 6. The number of benzene rings is 2. The molecule has 0 unspecified atom stereocenters. The average Bonchev–Trinajstić information content (AvgIpc) is 2.55. The number of nitrogens with zero attached hydrogens (tertiary/aromatic N) is 2. The highest BCUT2D eigenvalue weighted by Crippen LogP contribution is 2.36. The van der Waals surface area contributed by atoms with Crippen molar-refractivity contribution in [1.82, 2.24) is 5.43 Å². The fourth-order valence-corrected chi connectivity index (χ4v) is 2.34. The molecule has 0 bridgehead atoms. The first kappa shape index (κ1) is 18.9. The van der Waals surface area contributed by atoms with Gasteiger partial charge in [-0.15, -0.1) is 0 Å². The zero-order chi connectivity index (χ0) is 19.3. The minimum absolute atomic E-state index is 0.127. The summed E-state index contributed by atoms with van der Waals surface area (Å²) < 4.78 is 5.87. The molecule has 2 rings (SSSR count). The normalized spacial score (nSPS) is 10.9. The van der Waals surface area contributed by atoms with Crippen LogP contribution in [-0.4, -0.2) is 17.2 Å². The molecule has 0 aliphatic rings. The number of amides is 2. The standard InChI is InChI=1S/C18H20N4O4/c1-11(2)14-6-4-12(3)8-17(14)26-16-7-5-13(9-15(16)22(24)25)10-20-21-18(19)23/h4-11H,1-3H3,(H3,19,21,23)/b20-10-. The summed E-state index contributed by atoms with van der Waals surface area (Å²) in [5.74, 6) is 0.915. The Morgan fingerprint density at radius 2 is 2.00 bits per heavy atom. The van der Waals surface area contributed by atoms with E-state index in [9.17, 15) is 14.9 Å². The van der Waals surface area contributed by atoms with Crippen LogP contribution in [0.3, 0.4) is 0 Å². The van der Waals surface area contributed by atoms with Gasteiger partial charge < -0.3 is 10.5 Å². The van der Waals surface area contributed by atoms with E-state index >= 15 is 0 Å². The highest BCUT2D eigenvalue weighted by atomic mass is 16.6. The molecule has 0 radical (unpaired) electrons. The zero-order valence-corrected chi connectivity index (χ0v) is 14.7. The van der Waals surface area contributed by atoms with E-state index in [1.54, 1.807) is 6.07 Å². The molecule has 26 heavy (non-hydrogen) atoms. The number of nitrogens with two attached hydrogens (primary N) is 1. The van der Waals surface area contributed by atoms with E-state index in [0.717, 1.165) is 11.1 Å². The monoisotopic (exact) mass is 356 g/mol. The summed E-state index contributed by atoms with van der Waals surface area (Å²) >= 11 is 0. The fraction of sp³-hybridized carbons (Fsp3) is 0.222. The van der Waals surface area contributed by atoms with Crippen molar-refractivity contribution in [3.05, 3.63) is 63.2 Å². The minimum Gasteiger partial charge on any atom is -0.450 e. The average molecular weight is 356 g/mol. The maximum Gasteiger partial charge on any atom is 0.332 e. The molecule has 0 saturated heterocycles. The number of nitro groups is 1. The number of hydrogen-bond donors (Lipinski definition) is 2. The number of carbonyl (C=O) groups excluding carboxylic acids is 1. The SMILES string of the molecule is Cc1ccc(C(C)C)c(Oc2ccc(/C=N\NC(N)=O)cc2[N+](=O)[O-])c1. The second-order valence-electron chi connectivity index (χ2n) is 6.02. The van der Waals surface area contributed by atoms with Gasteiger partial charge in [0.2, 0.25) is 5.75 Å². The van der Waals surface area contributed by atoms with Gasteiger partial charge in [0.1, 0.15) is 5.75 Å². The van der Waals surface area contributed by atoms with Crippen LogP contribution in [0.25, 0.3) is 0 Å². The van der Waals surface area contributed by atoms with Crippen molar-refractivity contribution in [2.75, 3.05) is 0 Å². The number of ether oxygens (including phenoxy) is 1. The van der Waals surface area contributed by atoms with Crippen molar-refractivity contribution in [3.8, 4) is 11.5 Å². The van der Waals surface area contributed by atoms with E-state index in [1.807, 2.05) is 44.4 Å². The van der Waals surface area contributed by atoms with Gasteiger partial charge in [-0.2, -0.15) is 5.10 Å². The smallest absolute Gasteiger partial charge is 0.332 e. The third kappa shape index (κ3) is 4.79. The van der Waals surface area contributed by atoms with Crippen molar-refractivity contribution in [2.45, 2.75) is 26.7 Å². The first-order valence-electron chi connectivity index (χ1n) is 7.93. The van der Waals surface area contributed by atoms with Crippen molar-refractivity contribution in [1.29, 1.82) is 0 Å². The van der Waals surface area contributed by atoms with Gasteiger partial charge in [-0.1, -0.05) is 26.0 Å². The van der Waals surface area contributed by atoms with Crippen LogP contribution in [0.4, 0.5) is 10.5 Å². The predicted molar refractivity (Wildman–Crippen MR) is 98.8 cm³/mol. The number of hydrogen-bond acceptors (Lipinski definition) is 5. The molecule has 2 amide bonds.